The minimum absolute atomic E-state index is 0.219. The summed E-state index contributed by atoms with van der Waals surface area (Å²) in [5.41, 5.74) is 4.92. The Balaban J connectivity index is 1.28. The van der Waals surface area contributed by atoms with E-state index in [9.17, 15) is 4.79 Å². The van der Waals surface area contributed by atoms with Crippen LogP contribution in [0.2, 0.25) is 0 Å². The van der Waals surface area contributed by atoms with Crippen LogP contribution in [0.1, 0.15) is 40.7 Å². The summed E-state index contributed by atoms with van der Waals surface area (Å²) < 4.78 is 0. The maximum atomic E-state index is 12.8. The molecule has 4 rings (SSSR count). The van der Waals surface area contributed by atoms with Crippen molar-refractivity contribution in [2.75, 3.05) is 45.1 Å². The highest BCUT2D eigenvalue weighted by atomic mass is 16.1. The van der Waals surface area contributed by atoms with Gasteiger partial charge in [0.1, 0.15) is 0 Å². The number of carbonyl (C=O) groups is 1. The third-order valence-corrected chi connectivity index (χ3v) is 6.26. The van der Waals surface area contributed by atoms with Crippen LogP contribution in [0.15, 0.2) is 73.1 Å². The summed E-state index contributed by atoms with van der Waals surface area (Å²) in [7, 11) is 2.18. The lowest BCUT2D eigenvalue weighted by Gasteiger charge is -2.32. The molecule has 0 unspecified atom stereocenters. The van der Waals surface area contributed by atoms with Gasteiger partial charge < -0.3 is 15.1 Å². The first-order valence-corrected chi connectivity index (χ1v) is 12.1. The molecule has 5 nitrogen and oxygen atoms in total. The fourth-order valence-electron chi connectivity index (χ4n) is 4.16. The third kappa shape index (κ3) is 7.37. The van der Waals surface area contributed by atoms with Gasteiger partial charge >= 0.3 is 0 Å². The number of piperazine rings is 1. The van der Waals surface area contributed by atoms with Gasteiger partial charge in [-0.2, -0.15) is 0 Å². The lowest BCUT2D eigenvalue weighted by molar-refractivity contribution is 0.0975. The Morgan fingerprint density at radius 1 is 0.882 bits per heavy atom. The van der Waals surface area contributed by atoms with Gasteiger partial charge in [-0.25, -0.2) is 0 Å². The van der Waals surface area contributed by atoms with Gasteiger partial charge in [-0.1, -0.05) is 36.4 Å². The van der Waals surface area contributed by atoms with Crippen molar-refractivity contribution in [3.8, 4) is 0 Å². The van der Waals surface area contributed by atoms with Crippen molar-refractivity contribution in [2.24, 2.45) is 0 Å². The number of unbranched alkanes of at least 4 members (excludes halogenated alkanes) is 1. The van der Waals surface area contributed by atoms with Crippen LogP contribution < -0.4 is 5.32 Å². The molecule has 0 bridgehead atoms. The summed E-state index contributed by atoms with van der Waals surface area (Å²) in [4.78, 5) is 21.7. The summed E-state index contributed by atoms with van der Waals surface area (Å²) >= 11 is 0. The average Bonchev–Trinajstić information content (AvgIpc) is 2.87. The van der Waals surface area contributed by atoms with Gasteiger partial charge in [0.25, 0.3) is 0 Å². The molecule has 1 aliphatic heterocycles. The number of benzene rings is 2. The van der Waals surface area contributed by atoms with Gasteiger partial charge in [0.2, 0.25) is 0 Å². The summed E-state index contributed by atoms with van der Waals surface area (Å²) in [6.07, 6.45) is 10.4. The van der Waals surface area contributed by atoms with E-state index >= 15 is 0 Å². The zero-order valence-electron chi connectivity index (χ0n) is 20.0. The molecule has 0 spiro atoms. The number of hydrogen-bond donors (Lipinski definition) is 1. The summed E-state index contributed by atoms with van der Waals surface area (Å²) in [5, 5.41) is 3.44. The lowest BCUT2D eigenvalue weighted by Crippen LogP contribution is -2.44. The molecule has 34 heavy (non-hydrogen) atoms. The molecule has 0 saturated carbocycles. The Morgan fingerprint density at radius 3 is 2.38 bits per heavy atom. The van der Waals surface area contributed by atoms with Crippen molar-refractivity contribution in [1.29, 1.82) is 0 Å². The van der Waals surface area contributed by atoms with E-state index in [0.29, 0.717) is 6.42 Å². The summed E-state index contributed by atoms with van der Waals surface area (Å²) in [5.74, 6) is 0.219. The molecule has 3 aromatic rings. The topological polar surface area (TPSA) is 48.5 Å². The second kappa shape index (κ2) is 12.3. The molecule has 1 fully saturated rings. The van der Waals surface area contributed by atoms with Crippen molar-refractivity contribution in [3.63, 3.8) is 0 Å². The number of hydrogen-bond acceptors (Lipinski definition) is 5. The van der Waals surface area contributed by atoms with Crippen molar-refractivity contribution in [1.82, 2.24) is 14.8 Å². The minimum atomic E-state index is 0.219. The van der Waals surface area contributed by atoms with E-state index in [0.717, 1.165) is 73.6 Å². The number of carbonyl (C=O) groups excluding carboxylic acids is 1. The number of likely N-dealkylation sites (N-methyl/N-ethyl adjacent to an activating group) is 1. The average molecular weight is 455 g/mol. The van der Waals surface area contributed by atoms with Crippen molar-refractivity contribution >= 4 is 29.3 Å². The zero-order chi connectivity index (χ0) is 23.6. The molecule has 2 heterocycles. The Hall–Kier alpha value is -3.28. The SMILES string of the molecule is CN1CCN(CCCCC(=O)c2cccc(Nc3cccc(/C=C/c4ccncc4)c3)c2)CC1. The van der Waals surface area contributed by atoms with Gasteiger partial charge in [0.05, 0.1) is 0 Å². The van der Waals surface area contributed by atoms with Crippen LogP contribution in [0, 0.1) is 0 Å². The molecule has 2 aromatic carbocycles. The summed E-state index contributed by atoms with van der Waals surface area (Å²) in [6, 6.07) is 20.0. The lowest BCUT2D eigenvalue weighted by atomic mass is 10.0. The quantitative estimate of drug-likeness (QED) is 0.319. The molecule has 0 aliphatic carbocycles. The second-order valence-electron chi connectivity index (χ2n) is 8.97. The number of aromatic nitrogens is 1. The highest BCUT2D eigenvalue weighted by molar-refractivity contribution is 5.97. The molecule has 1 aromatic heterocycles. The largest absolute Gasteiger partial charge is 0.355 e. The molecule has 1 saturated heterocycles. The molecule has 176 valence electrons. The van der Waals surface area contributed by atoms with Crippen molar-refractivity contribution < 1.29 is 4.79 Å². The van der Waals surface area contributed by atoms with Crippen LogP contribution in [0.3, 0.4) is 0 Å². The molecule has 0 amide bonds. The van der Waals surface area contributed by atoms with Crippen LogP contribution in [0.25, 0.3) is 12.2 Å². The van der Waals surface area contributed by atoms with E-state index in [1.165, 1.54) is 0 Å². The van der Waals surface area contributed by atoms with Gasteiger partial charge in [-0.15, -0.1) is 0 Å². The number of rotatable bonds is 10. The first-order valence-electron chi connectivity index (χ1n) is 12.1. The first kappa shape index (κ1) is 23.9. The number of Topliss-reactive ketones (excluding diaryl/α,β-unsaturated/α-hetero) is 1. The second-order valence-corrected chi connectivity index (χ2v) is 8.97. The molecule has 1 aliphatic rings. The Kier molecular flexibility index (Phi) is 8.60. The van der Waals surface area contributed by atoms with Gasteiger partial charge in [-0.05, 0) is 74.0 Å². The zero-order valence-corrected chi connectivity index (χ0v) is 20.0. The van der Waals surface area contributed by atoms with Crippen molar-refractivity contribution in [2.45, 2.75) is 19.3 Å². The molecule has 0 radical (unpaired) electrons. The fourth-order valence-corrected chi connectivity index (χ4v) is 4.16. The van der Waals surface area contributed by atoms with E-state index in [-0.39, 0.29) is 5.78 Å². The van der Waals surface area contributed by atoms with Crippen molar-refractivity contribution in [3.05, 3.63) is 89.7 Å². The Bertz CT molecular complexity index is 1090. The van der Waals surface area contributed by atoms with E-state index < -0.39 is 0 Å². The first-order chi connectivity index (χ1) is 16.7. The van der Waals surface area contributed by atoms with Gasteiger partial charge in [-0.3, -0.25) is 9.78 Å². The number of anilines is 2. The number of ketones is 1. The molecular formula is C29H34N4O. The minimum Gasteiger partial charge on any atom is -0.355 e. The Labute approximate surface area is 203 Å². The van der Waals surface area contributed by atoms with Gasteiger partial charge in [0, 0.05) is 61.9 Å². The fraction of sp³-hybridized carbons (Fsp3) is 0.310. The normalized spacial score (nSPS) is 15.0. The highest BCUT2D eigenvalue weighted by Crippen LogP contribution is 2.21. The van der Waals surface area contributed by atoms with E-state index in [4.69, 9.17) is 0 Å². The van der Waals surface area contributed by atoms with Crippen LogP contribution in [-0.4, -0.2) is 60.3 Å². The molecule has 0 atom stereocenters. The number of nitrogens with one attached hydrogen (secondary N) is 1. The monoisotopic (exact) mass is 454 g/mol. The number of pyridine rings is 1. The van der Waals surface area contributed by atoms with E-state index in [1.54, 1.807) is 12.4 Å². The van der Waals surface area contributed by atoms with E-state index in [2.05, 4.69) is 51.4 Å². The van der Waals surface area contributed by atoms with Crippen LogP contribution >= 0.6 is 0 Å². The maximum Gasteiger partial charge on any atom is 0.162 e. The molecular weight excluding hydrogens is 420 g/mol. The number of nitrogens with zero attached hydrogens (tertiary/aromatic N) is 3. The maximum absolute atomic E-state index is 12.8. The Morgan fingerprint density at radius 2 is 1.59 bits per heavy atom. The molecule has 5 heteroatoms. The van der Waals surface area contributed by atoms with Crippen LogP contribution in [0.5, 0.6) is 0 Å². The predicted molar refractivity (Wildman–Crippen MR) is 141 cm³/mol. The molecule has 1 N–H and O–H groups in total. The summed E-state index contributed by atoms with van der Waals surface area (Å²) in [6.45, 7) is 5.65. The van der Waals surface area contributed by atoms with Crippen LogP contribution in [0.4, 0.5) is 11.4 Å². The van der Waals surface area contributed by atoms with Gasteiger partial charge in [0.15, 0.2) is 5.78 Å². The smallest absolute Gasteiger partial charge is 0.162 e. The highest BCUT2D eigenvalue weighted by Gasteiger charge is 2.13. The standard InChI is InChI=1S/C29H34N4O/c1-32-18-20-33(21-19-32)17-3-2-10-29(34)26-7-5-9-28(23-26)31-27-8-4-6-25(22-27)12-11-24-13-15-30-16-14-24/h4-9,11-16,22-23,31H,2-3,10,17-21H2,1H3/b12-11+. The van der Waals surface area contributed by atoms with Crippen LogP contribution in [-0.2, 0) is 0 Å². The van der Waals surface area contributed by atoms with E-state index in [1.807, 2.05) is 48.5 Å². The predicted octanol–water partition coefficient (Wildman–Crippen LogP) is 5.60. The third-order valence-electron chi connectivity index (χ3n) is 6.26.